The first-order chi connectivity index (χ1) is 12.7. The van der Waals surface area contributed by atoms with Gasteiger partial charge in [0.15, 0.2) is 5.84 Å². The van der Waals surface area contributed by atoms with Crippen molar-refractivity contribution in [1.29, 1.82) is 0 Å². The van der Waals surface area contributed by atoms with Crippen molar-refractivity contribution < 1.29 is 10.3 Å². The van der Waals surface area contributed by atoms with E-state index in [2.05, 4.69) is 47.9 Å². The number of aliphatic hydroxyl groups is 1. The number of nitrogens with two attached hydrogens (primary N) is 1. The number of nitrogens with zero attached hydrogens (tertiary/aromatic N) is 3. The molecular weight excluding hydrogens is 340 g/mol. The molecule has 1 aliphatic heterocycles. The fourth-order valence-electron chi connectivity index (χ4n) is 4.18. The fraction of sp³-hybridized carbons (Fsp3) is 0.429. The summed E-state index contributed by atoms with van der Waals surface area (Å²) < 4.78 is 0. The minimum absolute atomic E-state index is 0.0299. The van der Waals surface area contributed by atoms with Gasteiger partial charge in [-0.2, -0.15) is 0 Å². The van der Waals surface area contributed by atoms with Gasteiger partial charge in [0.2, 0.25) is 0 Å². The minimum Gasteiger partial charge on any atom is -0.409 e. The summed E-state index contributed by atoms with van der Waals surface area (Å²) in [7, 11) is 2.04. The normalized spacial score (nSPS) is 19.6. The average molecular weight is 368 g/mol. The van der Waals surface area contributed by atoms with Crippen molar-refractivity contribution in [3.05, 3.63) is 65.0 Å². The van der Waals surface area contributed by atoms with Crippen molar-refractivity contribution in [2.45, 2.75) is 32.3 Å². The Labute approximate surface area is 160 Å². The van der Waals surface area contributed by atoms with Gasteiger partial charge in [-0.15, -0.1) is 0 Å². The van der Waals surface area contributed by atoms with Gasteiger partial charge in [0, 0.05) is 42.0 Å². The number of likely N-dealkylation sites (tertiary alicyclic amines) is 1. The Bertz CT molecular complexity index is 842. The molecule has 0 spiro atoms. The van der Waals surface area contributed by atoms with Gasteiger partial charge in [0.1, 0.15) is 5.60 Å². The van der Waals surface area contributed by atoms with Crippen LogP contribution in [0, 0.1) is 5.41 Å². The van der Waals surface area contributed by atoms with Gasteiger partial charge in [0.05, 0.1) is 0 Å². The molecule has 0 unspecified atom stereocenters. The van der Waals surface area contributed by atoms with Crippen LogP contribution in [0.5, 0.6) is 0 Å². The molecule has 2 heterocycles. The maximum absolute atomic E-state index is 12.0. The molecule has 0 bridgehead atoms. The summed E-state index contributed by atoms with van der Waals surface area (Å²) >= 11 is 0. The SMILES string of the molecule is CC(C)c1ccc([C@](O)(c2cncc(C(N)=NO)c2)C2(C)CN(C)C2)cc1. The topological polar surface area (TPSA) is 95.0 Å². The highest BCUT2D eigenvalue weighted by molar-refractivity contribution is 5.96. The van der Waals surface area contributed by atoms with E-state index < -0.39 is 5.60 Å². The maximum Gasteiger partial charge on any atom is 0.171 e. The third-order valence-corrected chi connectivity index (χ3v) is 5.67. The molecule has 2 aromatic rings. The fourth-order valence-corrected chi connectivity index (χ4v) is 4.18. The van der Waals surface area contributed by atoms with Crippen molar-refractivity contribution in [3.63, 3.8) is 0 Å². The van der Waals surface area contributed by atoms with Crippen molar-refractivity contribution in [2.24, 2.45) is 16.3 Å². The van der Waals surface area contributed by atoms with E-state index >= 15 is 0 Å². The lowest BCUT2D eigenvalue weighted by Gasteiger charge is -2.55. The summed E-state index contributed by atoms with van der Waals surface area (Å²) in [5, 5.41) is 24.1. The Morgan fingerprint density at radius 1 is 1.22 bits per heavy atom. The second-order valence-electron chi connectivity index (χ2n) is 8.17. The first-order valence-electron chi connectivity index (χ1n) is 9.16. The van der Waals surface area contributed by atoms with Gasteiger partial charge < -0.3 is 20.9 Å². The zero-order chi connectivity index (χ0) is 19.8. The smallest absolute Gasteiger partial charge is 0.171 e. The first kappa shape index (κ1) is 19.3. The second kappa shape index (κ2) is 6.94. The molecule has 0 amide bonds. The van der Waals surface area contributed by atoms with Crippen LogP contribution in [0.1, 0.15) is 48.9 Å². The van der Waals surface area contributed by atoms with Gasteiger partial charge in [-0.1, -0.05) is 50.2 Å². The summed E-state index contributed by atoms with van der Waals surface area (Å²) in [6, 6.07) is 9.88. The molecule has 3 rings (SSSR count). The highest BCUT2D eigenvalue weighted by atomic mass is 16.4. The zero-order valence-electron chi connectivity index (χ0n) is 16.3. The van der Waals surface area contributed by atoms with Gasteiger partial charge in [0.25, 0.3) is 0 Å². The molecule has 144 valence electrons. The summed E-state index contributed by atoms with van der Waals surface area (Å²) in [6.45, 7) is 7.88. The first-order valence-corrected chi connectivity index (χ1v) is 9.16. The largest absolute Gasteiger partial charge is 0.409 e. The lowest BCUT2D eigenvalue weighted by atomic mass is 9.62. The van der Waals surface area contributed by atoms with Crippen LogP contribution < -0.4 is 5.73 Å². The molecule has 6 heteroatoms. The van der Waals surface area contributed by atoms with Gasteiger partial charge in [-0.3, -0.25) is 4.98 Å². The number of hydrogen-bond acceptors (Lipinski definition) is 5. The third-order valence-electron chi connectivity index (χ3n) is 5.67. The number of pyridine rings is 1. The highest BCUT2D eigenvalue weighted by Gasteiger charge is 2.55. The third kappa shape index (κ3) is 3.19. The number of benzene rings is 1. The lowest BCUT2D eigenvalue weighted by Crippen LogP contribution is -2.63. The van der Waals surface area contributed by atoms with Crippen LogP contribution in [0.4, 0.5) is 0 Å². The predicted molar refractivity (Wildman–Crippen MR) is 106 cm³/mol. The predicted octanol–water partition coefficient (Wildman–Crippen LogP) is 2.49. The van der Waals surface area contributed by atoms with Crippen LogP contribution in [-0.2, 0) is 5.60 Å². The van der Waals surface area contributed by atoms with Crippen LogP contribution in [0.25, 0.3) is 0 Å². The molecule has 1 aromatic heterocycles. The van der Waals surface area contributed by atoms with Crippen molar-refractivity contribution in [3.8, 4) is 0 Å². The number of amidine groups is 1. The molecule has 27 heavy (non-hydrogen) atoms. The molecule has 0 aliphatic carbocycles. The van der Waals surface area contributed by atoms with Gasteiger partial charge >= 0.3 is 0 Å². The van der Waals surface area contributed by atoms with Gasteiger partial charge in [-0.25, -0.2) is 0 Å². The van der Waals surface area contributed by atoms with Crippen LogP contribution in [0.3, 0.4) is 0 Å². The minimum atomic E-state index is -1.24. The standard InChI is InChI=1S/C21H28N4O2/c1-14(2)15-5-7-17(8-6-15)21(26,20(3)12-25(4)13-20)18-9-16(10-23-11-18)19(22)24-27/h5-11,14,26-27H,12-13H2,1-4H3,(H2,22,24)/t21-/m0/s1. The van der Waals surface area contributed by atoms with E-state index in [-0.39, 0.29) is 11.3 Å². The zero-order valence-corrected chi connectivity index (χ0v) is 16.3. The average Bonchev–Trinajstić information content (AvgIpc) is 2.65. The van der Waals surface area contributed by atoms with Crippen LogP contribution in [-0.4, -0.2) is 46.2 Å². The summed E-state index contributed by atoms with van der Waals surface area (Å²) in [5.41, 5.74) is 7.28. The van der Waals surface area contributed by atoms with E-state index in [1.165, 1.54) is 11.8 Å². The Balaban J connectivity index is 2.15. The van der Waals surface area contributed by atoms with Crippen molar-refractivity contribution in [1.82, 2.24) is 9.88 Å². The Morgan fingerprint density at radius 2 is 1.85 bits per heavy atom. The number of aromatic nitrogens is 1. The Hall–Kier alpha value is -2.44. The molecule has 1 fully saturated rings. The Kier molecular flexibility index (Phi) is 4.97. The van der Waals surface area contributed by atoms with E-state index in [0.29, 0.717) is 17.0 Å². The molecule has 1 aromatic carbocycles. The van der Waals surface area contributed by atoms with E-state index in [4.69, 9.17) is 10.9 Å². The molecule has 0 saturated carbocycles. The van der Waals surface area contributed by atoms with E-state index in [9.17, 15) is 5.11 Å². The molecule has 1 aliphatic rings. The molecule has 1 saturated heterocycles. The molecule has 0 radical (unpaired) electrons. The molecule has 6 nitrogen and oxygen atoms in total. The lowest BCUT2D eigenvalue weighted by molar-refractivity contribution is -0.127. The Morgan fingerprint density at radius 3 is 2.37 bits per heavy atom. The summed E-state index contributed by atoms with van der Waals surface area (Å²) in [5.74, 6) is 0.390. The summed E-state index contributed by atoms with van der Waals surface area (Å²) in [4.78, 5) is 6.41. The maximum atomic E-state index is 12.0. The quantitative estimate of drug-likeness (QED) is 0.326. The van der Waals surface area contributed by atoms with E-state index in [1.54, 1.807) is 12.3 Å². The monoisotopic (exact) mass is 368 g/mol. The van der Waals surface area contributed by atoms with Crippen molar-refractivity contribution >= 4 is 5.84 Å². The van der Waals surface area contributed by atoms with E-state index in [0.717, 1.165) is 18.7 Å². The molecule has 1 atom stereocenters. The highest BCUT2D eigenvalue weighted by Crippen LogP contribution is 2.50. The summed E-state index contributed by atoms with van der Waals surface area (Å²) in [6.07, 6.45) is 3.18. The molecule has 4 N–H and O–H groups in total. The number of rotatable bonds is 5. The van der Waals surface area contributed by atoms with E-state index in [1.807, 2.05) is 19.2 Å². The van der Waals surface area contributed by atoms with Crippen LogP contribution in [0.2, 0.25) is 0 Å². The van der Waals surface area contributed by atoms with Crippen LogP contribution in [0.15, 0.2) is 47.9 Å². The number of oxime groups is 1. The van der Waals surface area contributed by atoms with Crippen molar-refractivity contribution in [2.75, 3.05) is 20.1 Å². The number of hydrogen-bond donors (Lipinski definition) is 3. The molecular formula is C21H28N4O2. The van der Waals surface area contributed by atoms with Crippen LogP contribution >= 0.6 is 0 Å². The van der Waals surface area contributed by atoms with Gasteiger partial charge in [-0.05, 0) is 30.2 Å². The second-order valence-corrected chi connectivity index (χ2v) is 8.17.